The summed E-state index contributed by atoms with van der Waals surface area (Å²) in [4.78, 5) is 25.6. The second kappa shape index (κ2) is 8.51. The standard InChI is InChI=1S/C20H25F3N2O4/c1-12-3-4-14(11-17(12)29-20(21,22)23)13-5-7-25(8-6-13)18(26)15-9-16(10-15)24-19(27)28-2/h3-4,11,13,15-16H,5-10H2,1-2H3,(H,24,27). The van der Waals surface area contributed by atoms with Crippen molar-refractivity contribution in [3.8, 4) is 5.75 Å². The highest BCUT2D eigenvalue weighted by Crippen LogP contribution is 2.35. The molecule has 1 saturated heterocycles. The van der Waals surface area contributed by atoms with E-state index in [9.17, 15) is 22.8 Å². The Balaban J connectivity index is 1.51. The molecule has 0 radical (unpaired) electrons. The van der Waals surface area contributed by atoms with E-state index in [-0.39, 0.29) is 29.5 Å². The number of ether oxygens (including phenoxy) is 2. The van der Waals surface area contributed by atoms with Gasteiger partial charge in [-0.05, 0) is 55.7 Å². The number of carbonyl (C=O) groups is 2. The van der Waals surface area contributed by atoms with Crippen LogP contribution in [0.2, 0.25) is 0 Å². The summed E-state index contributed by atoms with van der Waals surface area (Å²) in [7, 11) is 1.30. The van der Waals surface area contributed by atoms with E-state index in [2.05, 4.69) is 14.8 Å². The van der Waals surface area contributed by atoms with Crippen LogP contribution >= 0.6 is 0 Å². The van der Waals surface area contributed by atoms with Gasteiger partial charge in [0, 0.05) is 25.0 Å². The number of amides is 2. The number of carbonyl (C=O) groups excluding carboxylic acids is 2. The van der Waals surface area contributed by atoms with Crippen molar-refractivity contribution in [3.63, 3.8) is 0 Å². The van der Waals surface area contributed by atoms with Gasteiger partial charge in [-0.2, -0.15) is 0 Å². The Bertz CT molecular complexity index is 755. The van der Waals surface area contributed by atoms with Crippen LogP contribution in [0.25, 0.3) is 0 Å². The molecular formula is C20H25F3N2O4. The lowest BCUT2D eigenvalue weighted by atomic mass is 9.78. The zero-order valence-corrected chi connectivity index (χ0v) is 16.4. The predicted molar refractivity (Wildman–Crippen MR) is 98.5 cm³/mol. The third-order valence-electron chi connectivity index (χ3n) is 5.71. The Hall–Kier alpha value is -2.45. The molecule has 29 heavy (non-hydrogen) atoms. The van der Waals surface area contributed by atoms with Gasteiger partial charge in [-0.3, -0.25) is 4.79 Å². The number of methoxy groups -OCH3 is 1. The number of nitrogens with zero attached hydrogens (tertiary/aromatic N) is 1. The smallest absolute Gasteiger partial charge is 0.453 e. The highest BCUT2D eigenvalue weighted by atomic mass is 19.4. The Labute approximate surface area is 167 Å². The van der Waals surface area contributed by atoms with E-state index in [1.807, 2.05) is 11.0 Å². The molecule has 0 unspecified atom stereocenters. The van der Waals surface area contributed by atoms with E-state index in [0.29, 0.717) is 44.3 Å². The van der Waals surface area contributed by atoms with Crippen LogP contribution in [-0.4, -0.2) is 49.5 Å². The summed E-state index contributed by atoms with van der Waals surface area (Å²) in [5.41, 5.74) is 1.23. The molecule has 3 rings (SSSR count). The van der Waals surface area contributed by atoms with E-state index in [0.717, 1.165) is 5.56 Å². The minimum Gasteiger partial charge on any atom is -0.453 e. The van der Waals surface area contributed by atoms with Crippen molar-refractivity contribution in [2.75, 3.05) is 20.2 Å². The quantitative estimate of drug-likeness (QED) is 0.815. The molecule has 2 fully saturated rings. The molecule has 0 bridgehead atoms. The Morgan fingerprint density at radius 1 is 1.17 bits per heavy atom. The number of hydrogen-bond donors (Lipinski definition) is 1. The van der Waals surface area contributed by atoms with E-state index in [1.54, 1.807) is 13.0 Å². The van der Waals surface area contributed by atoms with Crippen LogP contribution in [0.15, 0.2) is 18.2 Å². The van der Waals surface area contributed by atoms with Gasteiger partial charge < -0.3 is 19.7 Å². The fourth-order valence-electron chi connectivity index (χ4n) is 3.96. The van der Waals surface area contributed by atoms with Crippen LogP contribution in [0.4, 0.5) is 18.0 Å². The maximum Gasteiger partial charge on any atom is 0.573 e. The van der Waals surface area contributed by atoms with Gasteiger partial charge in [0.25, 0.3) is 0 Å². The molecule has 0 atom stereocenters. The van der Waals surface area contributed by atoms with Crippen molar-refractivity contribution < 1.29 is 32.2 Å². The van der Waals surface area contributed by atoms with Gasteiger partial charge >= 0.3 is 12.5 Å². The number of hydrogen-bond acceptors (Lipinski definition) is 4. The Morgan fingerprint density at radius 2 is 1.83 bits per heavy atom. The molecule has 160 valence electrons. The molecule has 9 heteroatoms. The van der Waals surface area contributed by atoms with Crippen LogP contribution in [-0.2, 0) is 9.53 Å². The lowest BCUT2D eigenvalue weighted by Crippen LogP contribution is -2.51. The van der Waals surface area contributed by atoms with Crippen molar-refractivity contribution in [2.45, 2.75) is 50.9 Å². The zero-order chi connectivity index (χ0) is 21.2. The Kier molecular flexibility index (Phi) is 6.24. The molecule has 2 aliphatic rings. The maximum atomic E-state index is 12.6. The van der Waals surface area contributed by atoms with Crippen LogP contribution in [0, 0.1) is 12.8 Å². The number of alkyl halides is 3. The number of benzene rings is 1. The minimum atomic E-state index is -4.72. The first-order valence-corrected chi connectivity index (χ1v) is 9.66. The molecule has 1 aromatic rings. The first-order valence-electron chi connectivity index (χ1n) is 9.66. The highest BCUT2D eigenvalue weighted by Gasteiger charge is 2.39. The van der Waals surface area contributed by atoms with Gasteiger partial charge in [-0.1, -0.05) is 12.1 Å². The molecule has 1 heterocycles. The van der Waals surface area contributed by atoms with Gasteiger partial charge in [0.15, 0.2) is 0 Å². The van der Waals surface area contributed by atoms with Gasteiger partial charge in [-0.25, -0.2) is 4.79 Å². The van der Waals surface area contributed by atoms with E-state index in [4.69, 9.17) is 0 Å². The van der Waals surface area contributed by atoms with Crippen LogP contribution in [0.1, 0.15) is 42.7 Å². The van der Waals surface area contributed by atoms with E-state index in [1.165, 1.54) is 13.2 Å². The van der Waals surface area contributed by atoms with Crippen molar-refractivity contribution >= 4 is 12.0 Å². The average molecular weight is 414 g/mol. The van der Waals surface area contributed by atoms with Gasteiger partial charge in [-0.15, -0.1) is 13.2 Å². The monoisotopic (exact) mass is 414 g/mol. The normalized spacial score (nSPS) is 22.6. The summed E-state index contributed by atoms with van der Waals surface area (Å²) in [5, 5.41) is 2.68. The van der Waals surface area contributed by atoms with Gasteiger partial charge in [0.2, 0.25) is 5.91 Å². The minimum absolute atomic E-state index is 0.0337. The number of halogens is 3. The van der Waals surface area contributed by atoms with Crippen LogP contribution < -0.4 is 10.1 Å². The molecule has 1 aliphatic carbocycles. The number of nitrogens with one attached hydrogen (secondary N) is 1. The van der Waals surface area contributed by atoms with Crippen molar-refractivity contribution in [1.29, 1.82) is 0 Å². The Morgan fingerprint density at radius 3 is 2.41 bits per heavy atom. The van der Waals surface area contributed by atoms with Gasteiger partial charge in [0.1, 0.15) is 5.75 Å². The number of likely N-dealkylation sites (tertiary alicyclic amines) is 1. The number of piperidine rings is 1. The third-order valence-corrected chi connectivity index (χ3v) is 5.71. The average Bonchev–Trinajstić information content (AvgIpc) is 2.64. The fraction of sp³-hybridized carbons (Fsp3) is 0.600. The van der Waals surface area contributed by atoms with E-state index < -0.39 is 12.5 Å². The topological polar surface area (TPSA) is 67.9 Å². The predicted octanol–water partition coefficient (Wildman–Crippen LogP) is 3.73. The molecular weight excluding hydrogens is 389 g/mol. The number of alkyl carbamates (subject to hydrolysis) is 1. The molecule has 0 spiro atoms. The number of rotatable bonds is 4. The summed E-state index contributed by atoms with van der Waals surface area (Å²) in [5.74, 6) is -0.103. The van der Waals surface area contributed by atoms with Gasteiger partial charge in [0.05, 0.1) is 7.11 Å². The van der Waals surface area contributed by atoms with Crippen molar-refractivity contribution in [3.05, 3.63) is 29.3 Å². The molecule has 2 amide bonds. The largest absolute Gasteiger partial charge is 0.573 e. The SMILES string of the molecule is COC(=O)NC1CC(C(=O)N2CCC(c3ccc(C)c(OC(F)(F)F)c3)CC2)C1. The summed E-state index contributed by atoms with van der Waals surface area (Å²) in [6, 6.07) is 4.89. The lowest BCUT2D eigenvalue weighted by molar-refractivity contribution is -0.274. The maximum absolute atomic E-state index is 12.6. The molecule has 1 saturated carbocycles. The van der Waals surface area contributed by atoms with Crippen molar-refractivity contribution in [2.24, 2.45) is 5.92 Å². The summed E-state index contributed by atoms with van der Waals surface area (Å²) >= 11 is 0. The zero-order valence-electron chi connectivity index (χ0n) is 16.4. The first-order chi connectivity index (χ1) is 13.7. The molecule has 1 N–H and O–H groups in total. The number of aryl methyl sites for hydroxylation is 1. The van der Waals surface area contributed by atoms with E-state index >= 15 is 0 Å². The van der Waals surface area contributed by atoms with Crippen LogP contribution in [0.3, 0.4) is 0 Å². The first kappa shape index (κ1) is 21.3. The summed E-state index contributed by atoms with van der Waals surface area (Å²) < 4.78 is 46.4. The highest BCUT2D eigenvalue weighted by molar-refractivity contribution is 5.80. The summed E-state index contributed by atoms with van der Waals surface area (Å²) in [6.07, 6.45) is -2.63. The molecule has 1 aliphatic heterocycles. The lowest BCUT2D eigenvalue weighted by Gasteiger charge is -2.40. The fourth-order valence-corrected chi connectivity index (χ4v) is 3.96. The molecule has 1 aromatic carbocycles. The van der Waals surface area contributed by atoms with Crippen molar-refractivity contribution in [1.82, 2.24) is 10.2 Å². The molecule has 0 aromatic heterocycles. The third kappa shape index (κ3) is 5.33. The summed E-state index contributed by atoms with van der Waals surface area (Å²) in [6.45, 7) is 2.71. The van der Waals surface area contributed by atoms with Crippen LogP contribution in [0.5, 0.6) is 5.75 Å². The molecule has 6 nitrogen and oxygen atoms in total. The second-order valence-corrected chi connectivity index (χ2v) is 7.67. The second-order valence-electron chi connectivity index (χ2n) is 7.67.